The number of aromatic nitrogens is 1. The quantitative estimate of drug-likeness (QED) is 0.448. The number of carbonyl (C=O) groups excluding carboxylic acids is 2. The van der Waals surface area contributed by atoms with Crippen molar-refractivity contribution in [1.82, 2.24) is 15.2 Å². The van der Waals surface area contributed by atoms with Gasteiger partial charge >= 0.3 is 6.18 Å². The summed E-state index contributed by atoms with van der Waals surface area (Å²) in [6.45, 7) is 5.47. The number of nitrogens with one attached hydrogen (secondary N) is 1. The Morgan fingerprint density at radius 3 is 2.37 bits per heavy atom. The minimum Gasteiger partial charge on any atom is -0.380 e. The van der Waals surface area contributed by atoms with Gasteiger partial charge in [-0.15, -0.1) is 0 Å². The lowest BCUT2D eigenvalue weighted by atomic mass is 9.95. The standard InChI is InChI=1S/C30H32F3N5O3/c1-19(20-2-4-21(5-3-20)26-14-24(30(31,32)33)7-6-22(26)16-34)36-28(39)27-15-25(8-9-35-27)37-10-12-38(13-11-37)29(40)23-17-41-18-23/h2-9,14-15,19,23H,10-13,16-18,34H2,1H3,(H,36,39)/t19-/m1/s1. The van der Waals surface area contributed by atoms with Crippen molar-refractivity contribution >= 4 is 17.5 Å². The molecule has 1 atom stereocenters. The number of rotatable bonds is 7. The first-order valence-electron chi connectivity index (χ1n) is 13.5. The number of benzene rings is 2. The number of hydrogen-bond donors (Lipinski definition) is 2. The van der Waals surface area contributed by atoms with Crippen LogP contribution in [0.2, 0.25) is 0 Å². The average molecular weight is 568 g/mol. The number of hydrogen-bond acceptors (Lipinski definition) is 6. The van der Waals surface area contributed by atoms with E-state index in [1.165, 1.54) is 6.07 Å². The van der Waals surface area contributed by atoms with E-state index in [1.54, 1.807) is 36.5 Å². The second-order valence-corrected chi connectivity index (χ2v) is 10.3. The minimum absolute atomic E-state index is 0.0278. The van der Waals surface area contributed by atoms with Gasteiger partial charge in [-0.2, -0.15) is 13.2 Å². The maximum Gasteiger partial charge on any atom is 0.416 e. The molecule has 0 saturated carbocycles. The van der Waals surface area contributed by atoms with E-state index in [4.69, 9.17) is 10.5 Å². The van der Waals surface area contributed by atoms with Gasteiger partial charge in [-0.25, -0.2) is 0 Å². The molecule has 2 aromatic carbocycles. The highest BCUT2D eigenvalue weighted by Crippen LogP contribution is 2.34. The number of alkyl halides is 3. The van der Waals surface area contributed by atoms with Gasteiger partial charge in [-0.1, -0.05) is 30.3 Å². The van der Waals surface area contributed by atoms with Crippen molar-refractivity contribution in [2.24, 2.45) is 11.7 Å². The summed E-state index contributed by atoms with van der Waals surface area (Å²) in [5, 5.41) is 2.95. The van der Waals surface area contributed by atoms with Crippen molar-refractivity contribution in [3.05, 3.63) is 83.2 Å². The topological polar surface area (TPSA) is 101 Å². The molecule has 0 aliphatic carbocycles. The molecule has 0 unspecified atom stereocenters. The molecular formula is C30H32F3N5O3. The first-order valence-corrected chi connectivity index (χ1v) is 13.5. The molecule has 0 bridgehead atoms. The molecule has 5 rings (SSSR count). The van der Waals surface area contributed by atoms with E-state index < -0.39 is 11.7 Å². The predicted octanol–water partition coefficient (Wildman–Crippen LogP) is 4.01. The van der Waals surface area contributed by atoms with Gasteiger partial charge in [0, 0.05) is 44.6 Å². The van der Waals surface area contributed by atoms with Crippen LogP contribution in [0.15, 0.2) is 60.8 Å². The molecule has 2 fully saturated rings. The first kappa shape index (κ1) is 28.6. The number of pyridine rings is 1. The normalized spacial score (nSPS) is 16.7. The molecule has 216 valence electrons. The first-order chi connectivity index (χ1) is 19.6. The van der Waals surface area contributed by atoms with Gasteiger partial charge in [0.2, 0.25) is 5.91 Å². The molecule has 1 aromatic heterocycles. The highest BCUT2D eigenvalue weighted by Gasteiger charge is 2.33. The molecule has 41 heavy (non-hydrogen) atoms. The van der Waals surface area contributed by atoms with Crippen LogP contribution < -0.4 is 16.0 Å². The summed E-state index contributed by atoms with van der Waals surface area (Å²) in [4.78, 5) is 33.8. The van der Waals surface area contributed by atoms with Crippen LogP contribution in [0.1, 0.15) is 40.1 Å². The second-order valence-electron chi connectivity index (χ2n) is 10.3. The lowest BCUT2D eigenvalue weighted by molar-refractivity contribution is -0.150. The number of halogens is 3. The minimum atomic E-state index is -4.45. The Bertz CT molecular complexity index is 1400. The molecule has 0 radical (unpaired) electrons. The molecule has 11 heteroatoms. The SMILES string of the molecule is C[C@@H](NC(=O)c1cc(N2CCN(C(=O)C3COC3)CC2)ccn1)c1ccc(-c2cc(C(F)(F)F)ccc2CN)cc1. The summed E-state index contributed by atoms with van der Waals surface area (Å²) in [6.07, 6.45) is -2.86. The Balaban J connectivity index is 1.22. The Kier molecular flexibility index (Phi) is 8.27. The summed E-state index contributed by atoms with van der Waals surface area (Å²) < 4.78 is 44.9. The van der Waals surface area contributed by atoms with Crippen LogP contribution in [0.25, 0.3) is 11.1 Å². The third-order valence-corrected chi connectivity index (χ3v) is 7.65. The molecule has 2 saturated heterocycles. The molecule has 3 aromatic rings. The van der Waals surface area contributed by atoms with Crippen molar-refractivity contribution < 1.29 is 27.5 Å². The van der Waals surface area contributed by atoms with E-state index >= 15 is 0 Å². The van der Waals surface area contributed by atoms with E-state index in [9.17, 15) is 22.8 Å². The van der Waals surface area contributed by atoms with E-state index in [0.29, 0.717) is 56.1 Å². The smallest absolute Gasteiger partial charge is 0.380 e. The molecule has 3 N–H and O–H groups in total. The van der Waals surface area contributed by atoms with E-state index in [2.05, 4.69) is 15.2 Å². The predicted molar refractivity (Wildman–Crippen MR) is 148 cm³/mol. The number of amides is 2. The van der Waals surface area contributed by atoms with Crippen LogP contribution in [0.4, 0.5) is 18.9 Å². The molecule has 0 spiro atoms. The molecule has 2 aliphatic rings. The molecular weight excluding hydrogens is 535 g/mol. The van der Waals surface area contributed by atoms with Gasteiger partial charge < -0.3 is 25.6 Å². The number of piperazine rings is 1. The van der Waals surface area contributed by atoms with Crippen molar-refractivity contribution in [1.29, 1.82) is 0 Å². The Labute approximate surface area is 236 Å². The van der Waals surface area contributed by atoms with Crippen LogP contribution in [-0.4, -0.2) is 61.1 Å². The lowest BCUT2D eigenvalue weighted by Crippen LogP contribution is -2.53. The van der Waals surface area contributed by atoms with Crippen LogP contribution >= 0.6 is 0 Å². The summed E-state index contributed by atoms with van der Waals surface area (Å²) in [6, 6.07) is 13.8. The van der Waals surface area contributed by atoms with E-state index in [-0.39, 0.29) is 36.0 Å². The maximum atomic E-state index is 13.3. The zero-order chi connectivity index (χ0) is 29.1. The fraction of sp³-hybridized carbons (Fsp3) is 0.367. The fourth-order valence-electron chi connectivity index (χ4n) is 5.07. The maximum absolute atomic E-state index is 13.3. The van der Waals surface area contributed by atoms with Crippen molar-refractivity contribution in [3.8, 4) is 11.1 Å². The largest absolute Gasteiger partial charge is 0.416 e. The van der Waals surface area contributed by atoms with Gasteiger partial charge in [0.15, 0.2) is 0 Å². The average Bonchev–Trinajstić information content (AvgIpc) is 2.95. The zero-order valence-electron chi connectivity index (χ0n) is 22.7. The summed E-state index contributed by atoms with van der Waals surface area (Å²) in [7, 11) is 0. The zero-order valence-corrected chi connectivity index (χ0v) is 22.7. The van der Waals surface area contributed by atoms with Crippen molar-refractivity contribution in [2.75, 3.05) is 44.3 Å². The highest BCUT2D eigenvalue weighted by molar-refractivity contribution is 5.93. The number of ether oxygens (including phenoxy) is 1. The highest BCUT2D eigenvalue weighted by atomic mass is 19.4. The van der Waals surface area contributed by atoms with Crippen LogP contribution in [-0.2, 0) is 22.3 Å². The van der Waals surface area contributed by atoms with Gasteiger partial charge in [-0.05, 0) is 53.4 Å². The Morgan fingerprint density at radius 2 is 1.76 bits per heavy atom. The molecule has 2 amide bonds. The van der Waals surface area contributed by atoms with E-state index in [0.717, 1.165) is 23.4 Å². The van der Waals surface area contributed by atoms with E-state index in [1.807, 2.05) is 17.9 Å². The summed E-state index contributed by atoms with van der Waals surface area (Å²) >= 11 is 0. The third kappa shape index (κ3) is 6.36. The molecule has 8 nitrogen and oxygen atoms in total. The number of carbonyl (C=O) groups is 2. The number of nitrogens with zero attached hydrogens (tertiary/aromatic N) is 3. The summed E-state index contributed by atoms with van der Waals surface area (Å²) in [5.41, 5.74) is 8.60. The Morgan fingerprint density at radius 1 is 1.05 bits per heavy atom. The monoisotopic (exact) mass is 567 g/mol. The van der Waals surface area contributed by atoms with Gasteiger partial charge in [0.05, 0.1) is 30.7 Å². The van der Waals surface area contributed by atoms with Gasteiger partial charge in [0.1, 0.15) is 5.69 Å². The number of nitrogens with two attached hydrogens (primary N) is 1. The van der Waals surface area contributed by atoms with Gasteiger partial charge in [0.25, 0.3) is 5.91 Å². The van der Waals surface area contributed by atoms with Crippen LogP contribution in [0.3, 0.4) is 0 Å². The Hall–Kier alpha value is -3.96. The summed E-state index contributed by atoms with van der Waals surface area (Å²) in [5.74, 6) is -0.229. The molecule has 3 heterocycles. The molecule has 2 aliphatic heterocycles. The van der Waals surface area contributed by atoms with Crippen LogP contribution in [0, 0.1) is 5.92 Å². The lowest BCUT2D eigenvalue weighted by Gasteiger charge is -2.39. The fourth-order valence-corrected chi connectivity index (χ4v) is 5.07. The van der Waals surface area contributed by atoms with Crippen molar-refractivity contribution in [2.45, 2.75) is 25.7 Å². The van der Waals surface area contributed by atoms with Crippen molar-refractivity contribution in [3.63, 3.8) is 0 Å². The second kappa shape index (κ2) is 11.9. The van der Waals surface area contributed by atoms with Gasteiger partial charge in [-0.3, -0.25) is 14.6 Å². The third-order valence-electron chi connectivity index (χ3n) is 7.65. The van der Waals surface area contributed by atoms with Crippen LogP contribution in [0.5, 0.6) is 0 Å². The number of anilines is 1.